The summed E-state index contributed by atoms with van der Waals surface area (Å²) in [5, 5.41) is 5.12. The number of fused-ring (bicyclic) bond motifs is 4. The summed E-state index contributed by atoms with van der Waals surface area (Å²) in [6, 6.07) is 59.3. The van der Waals surface area contributed by atoms with Crippen LogP contribution in [-0.4, -0.2) is 0 Å². The standard InChI is InChI=1S/C40H27NS/c1-2-9-28(10-3-1)30-19-21-34(22-20-30)41(36-23-24-40-38(27-36)37-15-6-7-16-39(37)42-40)35-14-8-13-32(26-35)33-18-17-29-11-4-5-12-31(29)25-33/h1-27H. The Hall–Kier alpha value is -5.18. The van der Waals surface area contributed by atoms with Gasteiger partial charge in [0.15, 0.2) is 0 Å². The zero-order chi connectivity index (χ0) is 27.9. The summed E-state index contributed by atoms with van der Waals surface area (Å²) >= 11 is 1.86. The molecule has 8 rings (SSSR count). The monoisotopic (exact) mass is 553 g/mol. The van der Waals surface area contributed by atoms with Crippen molar-refractivity contribution in [3.63, 3.8) is 0 Å². The largest absolute Gasteiger partial charge is 0.310 e. The molecule has 0 saturated heterocycles. The molecule has 0 spiro atoms. The summed E-state index contributed by atoms with van der Waals surface area (Å²) in [4.78, 5) is 2.38. The van der Waals surface area contributed by atoms with Crippen molar-refractivity contribution < 1.29 is 0 Å². The molecule has 0 bridgehead atoms. The molecule has 198 valence electrons. The fraction of sp³-hybridized carbons (Fsp3) is 0. The van der Waals surface area contributed by atoms with Crippen molar-refractivity contribution in [2.24, 2.45) is 0 Å². The van der Waals surface area contributed by atoms with Crippen molar-refractivity contribution in [1.29, 1.82) is 0 Å². The van der Waals surface area contributed by atoms with Gasteiger partial charge in [0.1, 0.15) is 0 Å². The SMILES string of the molecule is c1ccc(-c2ccc(N(c3cccc(-c4ccc5ccccc5c4)c3)c3ccc4sc5ccccc5c4c3)cc2)cc1. The van der Waals surface area contributed by atoms with Gasteiger partial charge in [0.2, 0.25) is 0 Å². The predicted octanol–water partition coefficient (Wildman–Crippen LogP) is 12.0. The Morgan fingerprint density at radius 3 is 1.83 bits per heavy atom. The molecule has 0 radical (unpaired) electrons. The first-order valence-electron chi connectivity index (χ1n) is 14.3. The van der Waals surface area contributed by atoms with Crippen molar-refractivity contribution in [1.82, 2.24) is 0 Å². The number of hydrogen-bond acceptors (Lipinski definition) is 2. The molecule has 0 N–H and O–H groups in total. The molecule has 0 saturated carbocycles. The normalized spacial score (nSPS) is 11.3. The van der Waals surface area contributed by atoms with Crippen LogP contribution >= 0.6 is 11.3 Å². The third-order valence-electron chi connectivity index (χ3n) is 8.04. The third kappa shape index (κ3) is 4.43. The summed E-state index contributed by atoms with van der Waals surface area (Å²) in [7, 11) is 0. The first kappa shape index (κ1) is 24.6. The minimum absolute atomic E-state index is 1.13. The highest BCUT2D eigenvalue weighted by Gasteiger charge is 2.16. The predicted molar refractivity (Wildman–Crippen MR) is 182 cm³/mol. The molecule has 0 unspecified atom stereocenters. The topological polar surface area (TPSA) is 3.24 Å². The van der Waals surface area contributed by atoms with Crippen LogP contribution in [0.3, 0.4) is 0 Å². The van der Waals surface area contributed by atoms with Crippen molar-refractivity contribution in [3.05, 3.63) is 164 Å². The van der Waals surface area contributed by atoms with Gasteiger partial charge in [-0.05, 0) is 87.6 Å². The highest BCUT2D eigenvalue weighted by atomic mass is 32.1. The van der Waals surface area contributed by atoms with Gasteiger partial charge in [0.05, 0.1) is 0 Å². The molecular formula is C40H27NS. The Labute approximate surface area is 249 Å². The molecule has 1 heterocycles. The first-order chi connectivity index (χ1) is 20.8. The molecule has 0 fully saturated rings. The lowest BCUT2D eigenvalue weighted by Gasteiger charge is -2.26. The maximum Gasteiger partial charge on any atom is 0.0468 e. The van der Waals surface area contributed by atoms with Gasteiger partial charge in [-0.15, -0.1) is 11.3 Å². The van der Waals surface area contributed by atoms with E-state index in [1.165, 1.54) is 53.2 Å². The lowest BCUT2D eigenvalue weighted by Crippen LogP contribution is -2.10. The second-order valence-corrected chi connectivity index (χ2v) is 11.7. The van der Waals surface area contributed by atoms with E-state index >= 15 is 0 Å². The van der Waals surface area contributed by atoms with E-state index in [1.54, 1.807) is 0 Å². The minimum Gasteiger partial charge on any atom is -0.310 e. The van der Waals surface area contributed by atoms with E-state index in [-0.39, 0.29) is 0 Å². The lowest BCUT2D eigenvalue weighted by atomic mass is 10.00. The number of rotatable bonds is 5. The molecule has 8 aromatic rings. The average molecular weight is 554 g/mol. The highest BCUT2D eigenvalue weighted by Crippen LogP contribution is 2.41. The Morgan fingerprint density at radius 1 is 0.333 bits per heavy atom. The fourth-order valence-corrected chi connectivity index (χ4v) is 7.01. The van der Waals surface area contributed by atoms with Crippen molar-refractivity contribution in [2.75, 3.05) is 4.90 Å². The van der Waals surface area contributed by atoms with Crippen LogP contribution in [0.1, 0.15) is 0 Å². The Balaban J connectivity index is 1.28. The van der Waals surface area contributed by atoms with Crippen LogP contribution in [0.15, 0.2) is 164 Å². The van der Waals surface area contributed by atoms with Crippen molar-refractivity contribution in [2.45, 2.75) is 0 Å². The van der Waals surface area contributed by atoms with Gasteiger partial charge in [0.25, 0.3) is 0 Å². The van der Waals surface area contributed by atoms with Crippen LogP contribution in [0.5, 0.6) is 0 Å². The smallest absolute Gasteiger partial charge is 0.0468 e. The summed E-state index contributed by atoms with van der Waals surface area (Å²) < 4.78 is 2.63. The van der Waals surface area contributed by atoms with E-state index < -0.39 is 0 Å². The van der Waals surface area contributed by atoms with Gasteiger partial charge in [-0.1, -0.05) is 109 Å². The zero-order valence-electron chi connectivity index (χ0n) is 22.9. The number of hydrogen-bond donors (Lipinski definition) is 0. The average Bonchev–Trinajstić information content (AvgIpc) is 3.44. The Morgan fingerprint density at radius 2 is 0.952 bits per heavy atom. The van der Waals surface area contributed by atoms with Crippen molar-refractivity contribution >= 4 is 59.3 Å². The van der Waals surface area contributed by atoms with Gasteiger partial charge in [0, 0.05) is 37.2 Å². The van der Waals surface area contributed by atoms with E-state index in [9.17, 15) is 0 Å². The number of nitrogens with zero attached hydrogens (tertiary/aromatic N) is 1. The van der Waals surface area contributed by atoms with Gasteiger partial charge >= 0.3 is 0 Å². The molecule has 0 aliphatic heterocycles. The van der Waals surface area contributed by atoms with Gasteiger partial charge in [-0.2, -0.15) is 0 Å². The first-order valence-corrected chi connectivity index (χ1v) is 15.1. The van der Waals surface area contributed by atoms with Crippen LogP contribution in [0, 0.1) is 0 Å². The Kier molecular flexibility index (Phi) is 6.05. The summed E-state index contributed by atoms with van der Waals surface area (Å²) in [5.74, 6) is 0. The van der Waals surface area contributed by atoms with E-state index in [0.29, 0.717) is 0 Å². The van der Waals surface area contributed by atoms with Crippen LogP contribution in [0.25, 0.3) is 53.2 Å². The van der Waals surface area contributed by atoms with Crippen LogP contribution < -0.4 is 4.90 Å². The maximum absolute atomic E-state index is 2.38. The van der Waals surface area contributed by atoms with E-state index in [4.69, 9.17) is 0 Å². The molecule has 0 atom stereocenters. The highest BCUT2D eigenvalue weighted by molar-refractivity contribution is 7.25. The molecule has 42 heavy (non-hydrogen) atoms. The fourth-order valence-electron chi connectivity index (χ4n) is 5.93. The molecule has 1 aromatic heterocycles. The third-order valence-corrected chi connectivity index (χ3v) is 9.19. The summed E-state index contributed by atoms with van der Waals surface area (Å²) in [6.45, 7) is 0. The zero-order valence-corrected chi connectivity index (χ0v) is 23.8. The molecule has 0 aliphatic rings. The maximum atomic E-state index is 2.38. The van der Waals surface area contributed by atoms with E-state index in [2.05, 4.69) is 169 Å². The van der Waals surface area contributed by atoms with Gasteiger partial charge in [-0.25, -0.2) is 0 Å². The molecule has 2 heteroatoms. The second-order valence-electron chi connectivity index (χ2n) is 10.6. The molecule has 0 aliphatic carbocycles. The lowest BCUT2D eigenvalue weighted by molar-refractivity contribution is 1.29. The van der Waals surface area contributed by atoms with Crippen LogP contribution in [0.4, 0.5) is 17.1 Å². The van der Waals surface area contributed by atoms with Crippen LogP contribution in [-0.2, 0) is 0 Å². The molecule has 7 aromatic carbocycles. The van der Waals surface area contributed by atoms with Gasteiger partial charge in [-0.3, -0.25) is 0 Å². The number of thiophene rings is 1. The summed E-state index contributed by atoms with van der Waals surface area (Å²) in [6.07, 6.45) is 0. The molecule has 1 nitrogen and oxygen atoms in total. The molecular weight excluding hydrogens is 527 g/mol. The second kappa shape index (κ2) is 10.3. The summed E-state index contributed by atoms with van der Waals surface area (Å²) in [5.41, 5.74) is 8.26. The number of anilines is 3. The Bertz CT molecular complexity index is 2190. The van der Waals surface area contributed by atoms with Gasteiger partial charge < -0.3 is 4.90 Å². The van der Waals surface area contributed by atoms with Crippen LogP contribution in [0.2, 0.25) is 0 Å². The van der Waals surface area contributed by atoms with Crippen molar-refractivity contribution in [3.8, 4) is 22.3 Å². The van der Waals surface area contributed by atoms with E-state index in [1.807, 2.05) is 11.3 Å². The quantitative estimate of drug-likeness (QED) is 0.205. The number of benzene rings is 7. The molecule has 0 amide bonds. The minimum atomic E-state index is 1.13. The van der Waals surface area contributed by atoms with E-state index in [0.717, 1.165) is 17.1 Å².